The average Bonchev–Trinajstić information content (AvgIpc) is 3.00. The van der Waals surface area contributed by atoms with Gasteiger partial charge in [-0.15, -0.1) is 0 Å². The first-order chi connectivity index (χ1) is 21.8. The van der Waals surface area contributed by atoms with Crippen molar-refractivity contribution in [2.45, 2.75) is 231 Å². The lowest BCUT2D eigenvalue weighted by molar-refractivity contribution is -0.122. The first-order valence-electron chi connectivity index (χ1n) is 19.7. The van der Waals surface area contributed by atoms with Crippen LogP contribution in [0.15, 0.2) is 0 Å². The summed E-state index contributed by atoms with van der Waals surface area (Å²) in [5.41, 5.74) is 0. The minimum absolute atomic E-state index is 0.246. The van der Waals surface area contributed by atoms with Gasteiger partial charge in [-0.25, -0.2) is 0 Å². The predicted octanol–water partition coefficient (Wildman–Crippen LogP) is 11.2. The summed E-state index contributed by atoms with van der Waals surface area (Å²) in [4.78, 5) is 12.4. The van der Waals surface area contributed by atoms with Gasteiger partial charge in [0.25, 0.3) is 10.1 Å². The van der Waals surface area contributed by atoms with Crippen LogP contribution in [0.25, 0.3) is 0 Å². The maximum atomic E-state index is 12.4. The summed E-state index contributed by atoms with van der Waals surface area (Å²) in [5, 5.41) is 13.3. The third-order valence-electron chi connectivity index (χ3n) is 9.31. The molecule has 0 saturated heterocycles. The summed E-state index contributed by atoms with van der Waals surface area (Å²) in [6, 6.07) is -0.962. The lowest BCUT2D eigenvalue weighted by Crippen LogP contribution is -2.47. The summed E-state index contributed by atoms with van der Waals surface area (Å²) < 4.78 is 32.4. The maximum Gasteiger partial charge on any atom is 0.266 e. The van der Waals surface area contributed by atoms with Crippen molar-refractivity contribution in [2.24, 2.45) is 0 Å². The summed E-state index contributed by atoms with van der Waals surface area (Å²) in [7, 11) is -4.30. The molecule has 6 nitrogen and oxygen atoms in total. The number of nitrogens with one attached hydrogen (secondary N) is 1. The predicted molar refractivity (Wildman–Crippen MR) is 193 cm³/mol. The van der Waals surface area contributed by atoms with Crippen LogP contribution in [0.1, 0.15) is 219 Å². The molecule has 2 atom stereocenters. The van der Waals surface area contributed by atoms with Gasteiger partial charge in [0, 0.05) is 6.42 Å². The van der Waals surface area contributed by atoms with Gasteiger partial charge in [0.1, 0.15) is 0 Å². The van der Waals surface area contributed by atoms with Crippen molar-refractivity contribution < 1.29 is 22.9 Å². The molecule has 3 N–H and O–H groups in total. The molecule has 0 aromatic carbocycles. The van der Waals surface area contributed by atoms with Crippen LogP contribution in [0.3, 0.4) is 0 Å². The van der Waals surface area contributed by atoms with E-state index in [1.54, 1.807) is 0 Å². The standard InChI is InChI=1S/C38H77NO5S/c1-3-5-7-9-11-13-14-15-16-17-18-19-20-21-22-23-24-26-27-29-31-33-37(40)36(35-45(42,43)44)39-38(41)34-32-30-28-25-12-10-8-6-4-2/h36-37,40H,3-35H2,1-2H3,(H,39,41)(H,42,43,44). The normalized spacial score (nSPS) is 13.2. The molecule has 45 heavy (non-hydrogen) atoms. The fourth-order valence-corrected chi connectivity index (χ4v) is 7.10. The van der Waals surface area contributed by atoms with Crippen molar-refractivity contribution >= 4 is 16.0 Å². The average molecular weight is 660 g/mol. The van der Waals surface area contributed by atoms with Gasteiger partial charge >= 0.3 is 0 Å². The van der Waals surface area contributed by atoms with Gasteiger partial charge in [-0.3, -0.25) is 9.35 Å². The summed E-state index contributed by atoms with van der Waals surface area (Å²) in [6.45, 7) is 4.50. The molecule has 0 aliphatic rings. The van der Waals surface area contributed by atoms with E-state index in [9.17, 15) is 22.9 Å². The van der Waals surface area contributed by atoms with Crippen LogP contribution in [0.4, 0.5) is 0 Å². The van der Waals surface area contributed by atoms with E-state index in [-0.39, 0.29) is 5.91 Å². The van der Waals surface area contributed by atoms with E-state index in [1.807, 2.05) is 0 Å². The zero-order valence-corrected chi connectivity index (χ0v) is 30.8. The number of aliphatic hydroxyl groups is 1. The molecule has 0 saturated carbocycles. The van der Waals surface area contributed by atoms with Gasteiger partial charge in [-0.1, -0.05) is 200 Å². The van der Waals surface area contributed by atoms with Crippen LogP contribution in [0.2, 0.25) is 0 Å². The summed E-state index contributed by atoms with van der Waals surface area (Å²) in [6.07, 6.45) is 37.8. The molecular formula is C38H77NO5S. The van der Waals surface area contributed by atoms with E-state index in [0.717, 1.165) is 38.5 Å². The van der Waals surface area contributed by atoms with Crippen molar-refractivity contribution in [3.8, 4) is 0 Å². The molecule has 0 radical (unpaired) electrons. The highest BCUT2D eigenvalue weighted by molar-refractivity contribution is 7.85. The third-order valence-corrected chi connectivity index (χ3v) is 10.1. The summed E-state index contributed by atoms with van der Waals surface area (Å²) in [5.74, 6) is -0.888. The van der Waals surface area contributed by atoms with Crippen LogP contribution in [-0.2, 0) is 14.9 Å². The molecule has 0 heterocycles. The zero-order chi connectivity index (χ0) is 33.3. The van der Waals surface area contributed by atoms with Crippen molar-refractivity contribution in [2.75, 3.05) is 5.75 Å². The second kappa shape index (κ2) is 33.2. The molecule has 1 amide bonds. The largest absolute Gasteiger partial charge is 0.391 e. The van der Waals surface area contributed by atoms with Crippen molar-refractivity contribution in [3.05, 3.63) is 0 Å². The molecule has 0 spiro atoms. The number of carbonyl (C=O) groups excluding carboxylic acids is 1. The highest BCUT2D eigenvalue weighted by Crippen LogP contribution is 2.16. The SMILES string of the molecule is CCCCCCCCCCCCCCCCCCCCCCCC(O)C(CS(=O)(=O)O)NC(=O)CCCCCCCCCCC. The Morgan fingerprint density at radius 2 is 0.800 bits per heavy atom. The van der Waals surface area contributed by atoms with E-state index in [1.165, 1.54) is 154 Å². The molecule has 0 fully saturated rings. The van der Waals surface area contributed by atoms with E-state index in [4.69, 9.17) is 0 Å². The summed E-state index contributed by atoms with van der Waals surface area (Å²) >= 11 is 0. The van der Waals surface area contributed by atoms with Crippen LogP contribution in [-0.4, -0.2) is 41.9 Å². The molecule has 0 aromatic heterocycles. The lowest BCUT2D eigenvalue weighted by atomic mass is 10.0. The second-order valence-electron chi connectivity index (χ2n) is 13.9. The lowest BCUT2D eigenvalue weighted by Gasteiger charge is -2.23. The monoisotopic (exact) mass is 660 g/mol. The fraction of sp³-hybridized carbons (Fsp3) is 0.974. The van der Waals surface area contributed by atoms with Gasteiger partial charge < -0.3 is 10.4 Å². The number of hydrogen-bond donors (Lipinski definition) is 3. The van der Waals surface area contributed by atoms with E-state index in [2.05, 4.69) is 19.2 Å². The molecule has 270 valence electrons. The number of amides is 1. The Morgan fingerprint density at radius 3 is 1.11 bits per heavy atom. The Hall–Kier alpha value is -0.660. The number of hydrogen-bond acceptors (Lipinski definition) is 4. The Labute approximate surface area is 280 Å². The molecular weight excluding hydrogens is 582 g/mol. The van der Waals surface area contributed by atoms with Crippen molar-refractivity contribution in [1.29, 1.82) is 0 Å². The first-order valence-corrected chi connectivity index (χ1v) is 21.3. The fourth-order valence-electron chi connectivity index (χ4n) is 6.34. The van der Waals surface area contributed by atoms with Gasteiger partial charge in [-0.2, -0.15) is 8.42 Å². The van der Waals surface area contributed by atoms with Gasteiger partial charge in [0.05, 0.1) is 17.9 Å². The Balaban J connectivity index is 3.75. The molecule has 7 heteroatoms. The third kappa shape index (κ3) is 34.5. The molecule has 2 unspecified atom stereocenters. The van der Waals surface area contributed by atoms with E-state index in [0.29, 0.717) is 12.8 Å². The highest BCUT2D eigenvalue weighted by Gasteiger charge is 2.26. The number of rotatable bonds is 36. The molecule has 0 bridgehead atoms. The number of aliphatic hydroxyl groups excluding tert-OH is 1. The maximum absolute atomic E-state index is 12.4. The Bertz CT molecular complexity index is 730. The number of carbonyl (C=O) groups is 1. The molecule has 0 aromatic rings. The van der Waals surface area contributed by atoms with Crippen LogP contribution in [0.5, 0.6) is 0 Å². The molecule has 0 rings (SSSR count). The molecule has 0 aliphatic carbocycles. The smallest absolute Gasteiger partial charge is 0.266 e. The van der Waals surface area contributed by atoms with Crippen molar-refractivity contribution in [1.82, 2.24) is 5.32 Å². The Kier molecular flexibility index (Phi) is 32.8. The quantitative estimate of drug-likeness (QED) is 0.0458. The van der Waals surface area contributed by atoms with Crippen LogP contribution < -0.4 is 5.32 Å². The van der Waals surface area contributed by atoms with Gasteiger partial charge in [0.15, 0.2) is 0 Å². The van der Waals surface area contributed by atoms with Crippen molar-refractivity contribution in [3.63, 3.8) is 0 Å². The van der Waals surface area contributed by atoms with Gasteiger partial charge in [-0.05, 0) is 12.8 Å². The Morgan fingerprint density at radius 1 is 0.511 bits per heavy atom. The van der Waals surface area contributed by atoms with E-state index < -0.39 is 28.0 Å². The van der Waals surface area contributed by atoms with E-state index >= 15 is 0 Å². The highest BCUT2D eigenvalue weighted by atomic mass is 32.2. The minimum Gasteiger partial charge on any atom is -0.391 e. The topological polar surface area (TPSA) is 104 Å². The van der Waals surface area contributed by atoms with Crippen LogP contribution in [0, 0.1) is 0 Å². The molecule has 0 aliphatic heterocycles. The van der Waals surface area contributed by atoms with Gasteiger partial charge in [0.2, 0.25) is 5.91 Å². The number of unbranched alkanes of at least 4 members (excludes halogenated alkanes) is 28. The zero-order valence-electron chi connectivity index (χ0n) is 30.0. The first kappa shape index (κ1) is 44.3. The van der Waals surface area contributed by atoms with Crippen LogP contribution >= 0.6 is 0 Å². The second-order valence-corrected chi connectivity index (χ2v) is 15.4. The minimum atomic E-state index is -4.30.